The number of amides is 2. The molecule has 1 N–H and O–H groups in total. The molecule has 0 bridgehead atoms. The lowest BCUT2D eigenvalue weighted by Crippen LogP contribution is -2.49. The molecule has 1 saturated heterocycles. The molecule has 25 heavy (non-hydrogen) atoms. The topological polar surface area (TPSA) is 67.2 Å². The van der Waals surface area contributed by atoms with Crippen LogP contribution in [0.15, 0.2) is 30.3 Å². The molecule has 0 spiro atoms. The highest BCUT2D eigenvalue weighted by Crippen LogP contribution is 2.19. The molecule has 0 radical (unpaired) electrons. The van der Waals surface area contributed by atoms with E-state index in [2.05, 4.69) is 10.4 Å². The summed E-state index contributed by atoms with van der Waals surface area (Å²) in [5.41, 5.74) is 3.92. The molecule has 1 unspecified atom stereocenters. The second-order valence-electron chi connectivity index (χ2n) is 6.53. The SMILES string of the molecule is Cc1nn(-c2ccccc2)c(C)c1CNC(=O)C1CCCC(=O)N1C. The quantitative estimate of drug-likeness (QED) is 0.927. The first-order chi connectivity index (χ1) is 12.0. The van der Waals surface area contributed by atoms with E-state index in [4.69, 9.17) is 0 Å². The Hall–Kier alpha value is -2.63. The zero-order chi connectivity index (χ0) is 18.0. The number of benzene rings is 1. The summed E-state index contributed by atoms with van der Waals surface area (Å²) >= 11 is 0. The number of likely N-dealkylation sites (tertiary alicyclic amines) is 1. The molecule has 132 valence electrons. The van der Waals surface area contributed by atoms with Crippen LogP contribution in [0.25, 0.3) is 5.69 Å². The van der Waals surface area contributed by atoms with Crippen molar-refractivity contribution in [3.63, 3.8) is 0 Å². The van der Waals surface area contributed by atoms with Gasteiger partial charge in [0.1, 0.15) is 6.04 Å². The number of carbonyl (C=O) groups is 2. The molecule has 1 fully saturated rings. The zero-order valence-electron chi connectivity index (χ0n) is 15.0. The number of hydrogen-bond acceptors (Lipinski definition) is 3. The van der Waals surface area contributed by atoms with E-state index >= 15 is 0 Å². The van der Waals surface area contributed by atoms with E-state index in [1.807, 2.05) is 48.9 Å². The summed E-state index contributed by atoms with van der Waals surface area (Å²) in [6, 6.07) is 9.56. The molecule has 1 atom stereocenters. The maximum absolute atomic E-state index is 12.5. The monoisotopic (exact) mass is 340 g/mol. The summed E-state index contributed by atoms with van der Waals surface area (Å²) in [4.78, 5) is 25.8. The van der Waals surface area contributed by atoms with Gasteiger partial charge in [-0.25, -0.2) is 4.68 Å². The van der Waals surface area contributed by atoms with Crippen LogP contribution in [0.2, 0.25) is 0 Å². The van der Waals surface area contributed by atoms with Gasteiger partial charge < -0.3 is 10.2 Å². The summed E-state index contributed by atoms with van der Waals surface area (Å²) < 4.78 is 1.90. The van der Waals surface area contributed by atoms with Gasteiger partial charge in [0, 0.05) is 31.3 Å². The lowest BCUT2D eigenvalue weighted by atomic mass is 10.0. The van der Waals surface area contributed by atoms with Crippen LogP contribution < -0.4 is 5.32 Å². The van der Waals surface area contributed by atoms with Crippen molar-refractivity contribution in [1.82, 2.24) is 20.0 Å². The third kappa shape index (κ3) is 3.43. The van der Waals surface area contributed by atoms with Gasteiger partial charge >= 0.3 is 0 Å². The van der Waals surface area contributed by atoms with E-state index in [1.165, 1.54) is 0 Å². The maximum Gasteiger partial charge on any atom is 0.243 e. The molecule has 0 saturated carbocycles. The van der Waals surface area contributed by atoms with Crippen LogP contribution >= 0.6 is 0 Å². The van der Waals surface area contributed by atoms with E-state index in [-0.39, 0.29) is 17.9 Å². The summed E-state index contributed by atoms with van der Waals surface area (Å²) in [7, 11) is 1.70. The Kier molecular flexibility index (Phi) is 4.88. The van der Waals surface area contributed by atoms with Gasteiger partial charge in [-0.1, -0.05) is 18.2 Å². The number of hydrogen-bond donors (Lipinski definition) is 1. The fraction of sp³-hybridized carbons (Fsp3) is 0.421. The summed E-state index contributed by atoms with van der Waals surface area (Å²) in [6.45, 7) is 4.37. The number of nitrogens with one attached hydrogen (secondary N) is 1. The van der Waals surface area contributed by atoms with Crippen LogP contribution in [-0.4, -0.2) is 39.6 Å². The fourth-order valence-electron chi connectivity index (χ4n) is 3.34. The number of nitrogens with zero attached hydrogens (tertiary/aromatic N) is 3. The Morgan fingerprint density at radius 3 is 2.72 bits per heavy atom. The molecular weight excluding hydrogens is 316 g/mol. The molecule has 3 rings (SSSR count). The lowest BCUT2D eigenvalue weighted by Gasteiger charge is -2.31. The highest BCUT2D eigenvalue weighted by Gasteiger charge is 2.30. The molecule has 2 heterocycles. The fourth-order valence-corrected chi connectivity index (χ4v) is 3.34. The van der Waals surface area contributed by atoms with Crippen LogP contribution in [0.4, 0.5) is 0 Å². The highest BCUT2D eigenvalue weighted by atomic mass is 16.2. The molecule has 1 aliphatic heterocycles. The third-order valence-corrected chi connectivity index (χ3v) is 4.91. The molecule has 1 aliphatic rings. The smallest absolute Gasteiger partial charge is 0.243 e. The van der Waals surface area contributed by atoms with E-state index in [0.29, 0.717) is 13.0 Å². The summed E-state index contributed by atoms with van der Waals surface area (Å²) in [5.74, 6) is -0.0579. The minimum atomic E-state index is -0.369. The number of aryl methyl sites for hydroxylation is 1. The van der Waals surface area contributed by atoms with Crippen molar-refractivity contribution in [1.29, 1.82) is 0 Å². The molecule has 2 amide bonds. The number of para-hydroxylation sites is 1. The Balaban J connectivity index is 1.72. The molecule has 0 aliphatic carbocycles. The first kappa shape index (κ1) is 17.2. The van der Waals surface area contributed by atoms with Crippen LogP contribution in [0.5, 0.6) is 0 Å². The van der Waals surface area contributed by atoms with Crippen molar-refractivity contribution < 1.29 is 9.59 Å². The largest absolute Gasteiger partial charge is 0.350 e. The minimum absolute atomic E-state index is 0.0376. The van der Waals surface area contributed by atoms with E-state index in [1.54, 1.807) is 11.9 Å². The van der Waals surface area contributed by atoms with E-state index in [9.17, 15) is 9.59 Å². The van der Waals surface area contributed by atoms with Gasteiger partial charge in [0.2, 0.25) is 11.8 Å². The molecule has 6 heteroatoms. The molecule has 2 aromatic rings. The van der Waals surface area contributed by atoms with Crippen LogP contribution in [0.3, 0.4) is 0 Å². The van der Waals surface area contributed by atoms with Gasteiger partial charge in [-0.3, -0.25) is 9.59 Å². The van der Waals surface area contributed by atoms with Gasteiger partial charge in [-0.2, -0.15) is 5.10 Å². The number of likely N-dealkylation sites (N-methyl/N-ethyl adjacent to an activating group) is 1. The maximum atomic E-state index is 12.5. The van der Waals surface area contributed by atoms with Gasteiger partial charge in [0.25, 0.3) is 0 Å². The molecule has 1 aromatic carbocycles. The van der Waals surface area contributed by atoms with Crippen molar-refractivity contribution in [3.05, 3.63) is 47.3 Å². The standard InChI is InChI=1S/C19H24N4O2/c1-13-16(14(2)23(21-13)15-8-5-4-6-9-15)12-20-19(25)17-10-7-11-18(24)22(17)3/h4-6,8-9,17H,7,10-12H2,1-3H3,(H,20,25). The Morgan fingerprint density at radius 1 is 1.28 bits per heavy atom. The average Bonchev–Trinajstić information content (AvgIpc) is 2.90. The first-order valence-corrected chi connectivity index (χ1v) is 8.63. The predicted molar refractivity (Wildman–Crippen MR) is 95.3 cm³/mol. The van der Waals surface area contributed by atoms with Crippen molar-refractivity contribution >= 4 is 11.8 Å². The third-order valence-electron chi connectivity index (χ3n) is 4.91. The predicted octanol–water partition coefficient (Wildman–Crippen LogP) is 2.12. The van der Waals surface area contributed by atoms with Crippen LogP contribution in [-0.2, 0) is 16.1 Å². The average molecular weight is 340 g/mol. The van der Waals surface area contributed by atoms with Crippen molar-refractivity contribution in [2.45, 2.75) is 45.7 Å². The van der Waals surface area contributed by atoms with E-state index < -0.39 is 0 Å². The van der Waals surface area contributed by atoms with Gasteiger partial charge in [-0.05, 0) is 38.8 Å². The zero-order valence-corrected chi connectivity index (χ0v) is 15.0. The summed E-state index contributed by atoms with van der Waals surface area (Å²) in [6.07, 6.45) is 2.02. The molecular formula is C19H24N4O2. The Morgan fingerprint density at radius 2 is 2.00 bits per heavy atom. The summed E-state index contributed by atoms with van der Waals surface area (Å²) in [5, 5.41) is 7.58. The molecule has 6 nitrogen and oxygen atoms in total. The number of carbonyl (C=O) groups excluding carboxylic acids is 2. The Bertz CT molecular complexity index is 782. The number of aromatic nitrogens is 2. The lowest BCUT2D eigenvalue weighted by molar-refractivity contribution is -0.142. The number of rotatable bonds is 4. The highest BCUT2D eigenvalue weighted by molar-refractivity contribution is 5.88. The molecule has 1 aromatic heterocycles. The normalized spacial score (nSPS) is 17.6. The van der Waals surface area contributed by atoms with Crippen molar-refractivity contribution in [3.8, 4) is 5.69 Å². The number of piperidine rings is 1. The second-order valence-corrected chi connectivity index (χ2v) is 6.53. The second kappa shape index (κ2) is 7.09. The van der Waals surface area contributed by atoms with Gasteiger partial charge in [0.05, 0.1) is 11.4 Å². The first-order valence-electron chi connectivity index (χ1n) is 8.63. The minimum Gasteiger partial charge on any atom is -0.350 e. The van der Waals surface area contributed by atoms with Crippen molar-refractivity contribution in [2.75, 3.05) is 7.05 Å². The van der Waals surface area contributed by atoms with Gasteiger partial charge in [-0.15, -0.1) is 0 Å². The van der Waals surface area contributed by atoms with Crippen LogP contribution in [0.1, 0.15) is 36.2 Å². The van der Waals surface area contributed by atoms with Crippen molar-refractivity contribution in [2.24, 2.45) is 0 Å². The van der Waals surface area contributed by atoms with Crippen LogP contribution in [0, 0.1) is 13.8 Å². The van der Waals surface area contributed by atoms with Gasteiger partial charge in [0.15, 0.2) is 0 Å². The Labute approximate surface area is 147 Å². The van der Waals surface area contributed by atoms with E-state index in [0.717, 1.165) is 35.5 Å².